The number of nitrogens with one attached hydrogen (secondary N) is 1. The third-order valence-corrected chi connectivity index (χ3v) is 3.55. The van der Waals surface area contributed by atoms with E-state index in [9.17, 15) is 0 Å². The molecule has 1 atom stereocenters. The molecule has 0 aliphatic heterocycles. The van der Waals surface area contributed by atoms with E-state index in [1.165, 1.54) is 10.9 Å². The number of anilines is 1. The minimum atomic E-state index is 0.0900. The number of hydrogen-bond acceptors (Lipinski definition) is 3. The lowest BCUT2D eigenvalue weighted by Crippen LogP contribution is -2.08. The molecule has 20 heavy (non-hydrogen) atoms. The highest BCUT2D eigenvalue weighted by molar-refractivity contribution is 5.82. The van der Waals surface area contributed by atoms with Gasteiger partial charge in [-0.3, -0.25) is 4.68 Å². The molecule has 0 fully saturated rings. The smallest absolute Gasteiger partial charge is 0.148 e. The Morgan fingerprint density at radius 2 is 2.10 bits per heavy atom. The van der Waals surface area contributed by atoms with E-state index in [4.69, 9.17) is 4.42 Å². The first-order chi connectivity index (χ1) is 9.69. The standard InChI is InChI=1S/C16H19N3O/c1-4-12-13-7-5-6-8-14(13)20-16(12)11(2)17-15-9-10-19(3)18-15/h5-11H,4H2,1-3H3,(H,17,18). The molecule has 3 aromatic rings. The van der Waals surface area contributed by atoms with Gasteiger partial charge < -0.3 is 9.73 Å². The van der Waals surface area contributed by atoms with E-state index in [1.807, 2.05) is 31.4 Å². The minimum Gasteiger partial charge on any atom is -0.459 e. The molecule has 0 radical (unpaired) electrons. The summed E-state index contributed by atoms with van der Waals surface area (Å²) < 4.78 is 7.82. The molecule has 0 saturated heterocycles. The zero-order valence-corrected chi connectivity index (χ0v) is 12.1. The van der Waals surface area contributed by atoms with Crippen LogP contribution in [0.3, 0.4) is 0 Å². The van der Waals surface area contributed by atoms with E-state index in [2.05, 4.69) is 36.4 Å². The van der Waals surface area contributed by atoms with Crippen LogP contribution in [0.15, 0.2) is 40.9 Å². The Hall–Kier alpha value is -2.23. The number of aromatic nitrogens is 2. The first-order valence-corrected chi connectivity index (χ1v) is 6.95. The van der Waals surface area contributed by atoms with Gasteiger partial charge in [-0.25, -0.2) is 0 Å². The lowest BCUT2D eigenvalue weighted by molar-refractivity contribution is 0.519. The summed E-state index contributed by atoms with van der Waals surface area (Å²) in [7, 11) is 1.91. The molecule has 3 rings (SSSR count). The quantitative estimate of drug-likeness (QED) is 0.781. The molecule has 2 heterocycles. The van der Waals surface area contributed by atoms with Crippen molar-refractivity contribution in [3.05, 3.63) is 47.9 Å². The van der Waals surface area contributed by atoms with Crippen molar-refractivity contribution in [3.8, 4) is 0 Å². The van der Waals surface area contributed by atoms with Crippen LogP contribution in [-0.2, 0) is 13.5 Å². The van der Waals surface area contributed by atoms with Gasteiger partial charge in [0.1, 0.15) is 17.2 Å². The molecular weight excluding hydrogens is 250 g/mol. The summed E-state index contributed by atoms with van der Waals surface area (Å²) in [4.78, 5) is 0. The molecular formula is C16H19N3O. The highest BCUT2D eigenvalue weighted by Gasteiger charge is 2.18. The number of benzene rings is 1. The molecule has 4 heteroatoms. The third kappa shape index (κ3) is 2.18. The monoisotopic (exact) mass is 269 g/mol. The van der Waals surface area contributed by atoms with E-state index in [1.54, 1.807) is 4.68 Å². The molecule has 4 nitrogen and oxygen atoms in total. The predicted molar refractivity (Wildman–Crippen MR) is 80.8 cm³/mol. The van der Waals surface area contributed by atoms with Crippen LogP contribution >= 0.6 is 0 Å². The Morgan fingerprint density at radius 3 is 2.80 bits per heavy atom. The maximum Gasteiger partial charge on any atom is 0.148 e. The summed E-state index contributed by atoms with van der Waals surface area (Å²) in [6.45, 7) is 4.26. The van der Waals surface area contributed by atoms with Gasteiger partial charge in [0.25, 0.3) is 0 Å². The average Bonchev–Trinajstić information content (AvgIpc) is 3.01. The number of hydrogen-bond donors (Lipinski definition) is 1. The maximum atomic E-state index is 6.03. The Labute approximate surface area is 118 Å². The normalized spacial score (nSPS) is 12.8. The van der Waals surface area contributed by atoms with Crippen molar-refractivity contribution in [1.29, 1.82) is 0 Å². The zero-order chi connectivity index (χ0) is 14.1. The van der Waals surface area contributed by atoms with Crippen LogP contribution in [0.25, 0.3) is 11.0 Å². The number of rotatable bonds is 4. The van der Waals surface area contributed by atoms with Gasteiger partial charge in [0, 0.05) is 30.3 Å². The van der Waals surface area contributed by atoms with Crippen LogP contribution in [0.2, 0.25) is 0 Å². The van der Waals surface area contributed by atoms with E-state index < -0.39 is 0 Å². The number of aryl methyl sites for hydroxylation is 2. The number of para-hydroxylation sites is 1. The van der Waals surface area contributed by atoms with E-state index >= 15 is 0 Å². The third-order valence-electron chi connectivity index (χ3n) is 3.55. The van der Waals surface area contributed by atoms with Crippen LogP contribution < -0.4 is 5.32 Å². The van der Waals surface area contributed by atoms with Crippen molar-refractivity contribution < 1.29 is 4.42 Å². The van der Waals surface area contributed by atoms with Crippen LogP contribution in [0, 0.1) is 0 Å². The number of nitrogens with zero attached hydrogens (tertiary/aromatic N) is 2. The van der Waals surface area contributed by atoms with Gasteiger partial charge >= 0.3 is 0 Å². The molecule has 0 aliphatic rings. The van der Waals surface area contributed by atoms with Gasteiger partial charge in [-0.05, 0) is 19.4 Å². The van der Waals surface area contributed by atoms with E-state index in [-0.39, 0.29) is 6.04 Å². The van der Waals surface area contributed by atoms with Crippen LogP contribution in [0.4, 0.5) is 5.82 Å². The van der Waals surface area contributed by atoms with Crippen molar-refractivity contribution in [2.75, 3.05) is 5.32 Å². The van der Waals surface area contributed by atoms with Crippen LogP contribution in [-0.4, -0.2) is 9.78 Å². The average molecular weight is 269 g/mol. The minimum absolute atomic E-state index is 0.0900. The van der Waals surface area contributed by atoms with E-state index in [0.29, 0.717) is 0 Å². The van der Waals surface area contributed by atoms with Crippen molar-refractivity contribution in [3.63, 3.8) is 0 Å². The summed E-state index contributed by atoms with van der Waals surface area (Å²) in [6.07, 6.45) is 2.88. The summed E-state index contributed by atoms with van der Waals surface area (Å²) in [5.41, 5.74) is 2.23. The fraction of sp³-hybridized carbons (Fsp3) is 0.312. The maximum absolute atomic E-state index is 6.03. The summed E-state index contributed by atoms with van der Waals surface area (Å²) in [6, 6.07) is 10.3. The molecule has 0 spiro atoms. The summed E-state index contributed by atoms with van der Waals surface area (Å²) >= 11 is 0. The van der Waals surface area contributed by atoms with Crippen molar-refractivity contribution in [1.82, 2.24) is 9.78 Å². The molecule has 0 saturated carbocycles. The molecule has 0 amide bonds. The Morgan fingerprint density at radius 1 is 1.30 bits per heavy atom. The molecule has 1 unspecified atom stereocenters. The van der Waals surface area contributed by atoms with Crippen molar-refractivity contribution in [2.45, 2.75) is 26.3 Å². The van der Waals surface area contributed by atoms with E-state index in [0.717, 1.165) is 23.6 Å². The molecule has 104 valence electrons. The Bertz CT molecular complexity index is 726. The fourth-order valence-electron chi connectivity index (χ4n) is 2.61. The Balaban J connectivity index is 1.96. The lowest BCUT2D eigenvalue weighted by atomic mass is 10.1. The first-order valence-electron chi connectivity index (χ1n) is 6.95. The molecule has 0 bridgehead atoms. The molecule has 1 aromatic carbocycles. The van der Waals surface area contributed by atoms with Crippen LogP contribution in [0.5, 0.6) is 0 Å². The molecule has 0 aliphatic carbocycles. The second kappa shape index (κ2) is 5.04. The SMILES string of the molecule is CCc1c(C(C)Nc2ccn(C)n2)oc2ccccc12. The molecule has 1 N–H and O–H groups in total. The first kappa shape index (κ1) is 12.8. The van der Waals surface area contributed by atoms with Crippen molar-refractivity contribution in [2.24, 2.45) is 7.05 Å². The number of furan rings is 1. The fourth-order valence-corrected chi connectivity index (χ4v) is 2.61. The lowest BCUT2D eigenvalue weighted by Gasteiger charge is -2.12. The van der Waals surface area contributed by atoms with Gasteiger partial charge in [0.05, 0.1) is 6.04 Å². The highest BCUT2D eigenvalue weighted by Crippen LogP contribution is 2.31. The van der Waals surface area contributed by atoms with Gasteiger partial charge in [-0.15, -0.1) is 0 Å². The second-order valence-electron chi connectivity index (χ2n) is 5.04. The summed E-state index contributed by atoms with van der Waals surface area (Å²) in [5, 5.41) is 8.95. The zero-order valence-electron chi connectivity index (χ0n) is 12.1. The summed E-state index contributed by atoms with van der Waals surface area (Å²) in [5.74, 6) is 1.86. The second-order valence-corrected chi connectivity index (χ2v) is 5.04. The predicted octanol–water partition coefficient (Wildman–Crippen LogP) is 3.90. The molecule has 2 aromatic heterocycles. The van der Waals surface area contributed by atoms with Crippen molar-refractivity contribution >= 4 is 16.8 Å². The number of fused-ring (bicyclic) bond motifs is 1. The topological polar surface area (TPSA) is 43.0 Å². The van der Waals surface area contributed by atoms with Gasteiger partial charge in [0.2, 0.25) is 0 Å². The highest BCUT2D eigenvalue weighted by atomic mass is 16.3. The van der Waals surface area contributed by atoms with Crippen LogP contribution in [0.1, 0.15) is 31.2 Å². The van der Waals surface area contributed by atoms with Gasteiger partial charge in [-0.1, -0.05) is 25.1 Å². The van der Waals surface area contributed by atoms with Gasteiger partial charge in [0.15, 0.2) is 0 Å². The largest absolute Gasteiger partial charge is 0.459 e. The van der Waals surface area contributed by atoms with Gasteiger partial charge in [-0.2, -0.15) is 5.10 Å². The Kier molecular flexibility index (Phi) is 3.22.